The van der Waals surface area contributed by atoms with Crippen molar-refractivity contribution in [3.8, 4) is 5.88 Å². The molecular weight excluding hydrogens is 188 g/mol. The zero-order valence-electron chi connectivity index (χ0n) is 8.26. The van der Waals surface area contributed by atoms with E-state index in [0.717, 1.165) is 11.3 Å². The molecule has 0 saturated carbocycles. The van der Waals surface area contributed by atoms with Crippen LogP contribution in [0.15, 0.2) is 48.7 Å². The molecule has 0 amide bonds. The van der Waals surface area contributed by atoms with Gasteiger partial charge in [0.05, 0.1) is 0 Å². The van der Waals surface area contributed by atoms with Gasteiger partial charge in [-0.2, -0.15) is 0 Å². The molecule has 2 rings (SSSR count). The van der Waals surface area contributed by atoms with Crippen molar-refractivity contribution < 1.29 is 4.74 Å². The van der Waals surface area contributed by atoms with Crippen molar-refractivity contribution in [1.29, 1.82) is 0 Å². The molecule has 15 heavy (non-hydrogen) atoms. The van der Waals surface area contributed by atoms with E-state index in [9.17, 15) is 0 Å². The standard InChI is InChI=1S/C12H12N2O/c13-11-6-4-10(5-7-11)9-15-12-3-1-2-8-14-12/h1-8H,9,13H2. The number of ether oxygens (including phenoxy) is 1. The molecule has 76 valence electrons. The van der Waals surface area contributed by atoms with Gasteiger partial charge in [0.2, 0.25) is 5.88 Å². The van der Waals surface area contributed by atoms with Crippen molar-refractivity contribution in [2.45, 2.75) is 6.61 Å². The normalized spacial score (nSPS) is 9.87. The van der Waals surface area contributed by atoms with E-state index in [4.69, 9.17) is 10.5 Å². The summed E-state index contributed by atoms with van der Waals surface area (Å²) in [5.74, 6) is 0.634. The second-order valence-corrected chi connectivity index (χ2v) is 3.20. The fourth-order valence-corrected chi connectivity index (χ4v) is 1.20. The lowest BCUT2D eigenvalue weighted by Gasteiger charge is -2.04. The lowest BCUT2D eigenvalue weighted by molar-refractivity contribution is 0.294. The maximum atomic E-state index is 5.58. The highest BCUT2D eigenvalue weighted by Crippen LogP contribution is 2.09. The Balaban J connectivity index is 1.96. The molecule has 0 atom stereocenters. The summed E-state index contributed by atoms with van der Waals surface area (Å²) in [6, 6.07) is 13.2. The van der Waals surface area contributed by atoms with Gasteiger partial charge >= 0.3 is 0 Å². The number of nitrogen functional groups attached to an aromatic ring is 1. The van der Waals surface area contributed by atoms with E-state index in [1.165, 1.54) is 0 Å². The van der Waals surface area contributed by atoms with Gasteiger partial charge in [-0.25, -0.2) is 4.98 Å². The average Bonchev–Trinajstić information content (AvgIpc) is 2.30. The molecular formula is C12H12N2O. The summed E-state index contributed by atoms with van der Waals surface area (Å²) >= 11 is 0. The predicted molar refractivity (Wildman–Crippen MR) is 59.4 cm³/mol. The summed E-state index contributed by atoms with van der Waals surface area (Å²) in [5.41, 5.74) is 7.42. The minimum Gasteiger partial charge on any atom is -0.473 e. The van der Waals surface area contributed by atoms with Gasteiger partial charge < -0.3 is 10.5 Å². The lowest BCUT2D eigenvalue weighted by Crippen LogP contribution is -1.96. The second kappa shape index (κ2) is 4.46. The molecule has 1 aromatic carbocycles. The van der Waals surface area contributed by atoms with Crippen LogP contribution in [-0.4, -0.2) is 4.98 Å². The van der Waals surface area contributed by atoms with Crippen LogP contribution in [0.3, 0.4) is 0 Å². The fraction of sp³-hybridized carbons (Fsp3) is 0.0833. The van der Waals surface area contributed by atoms with Crippen LogP contribution in [0.1, 0.15) is 5.56 Å². The summed E-state index contributed by atoms with van der Waals surface area (Å²) < 4.78 is 5.48. The monoisotopic (exact) mass is 200 g/mol. The van der Waals surface area contributed by atoms with E-state index in [0.29, 0.717) is 12.5 Å². The van der Waals surface area contributed by atoms with E-state index in [2.05, 4.69) is 4.98 Å². The zero-order chi connectivity index (χ0) is 10.5. The number of hydrogen-bond acceptors (Lipinski definition) is 3. The van der Waals surface area contributed by atoms with Crippen LogP contribution in [0.5, 0.6) is 5.88 Å². The van der Waals surface area contributed by atoms with E-state index in [1.807, 2.05) is 42.5 Å². The van der Waals surface area contributed by atoms with Gasteiger partial charge in [-0.05, 0) is 23.8 Å². The molecule has 2 aromatic rings. The van der Waals surface area contributed by atoms with Crippen molar-refractivity contribution >= 4 is 5.69 Å². The third-order valence-electron chi connectivity index (χ3n) is 2.00. The molecule has 3 nitrogen and oxygen atoms in total. The van der Waals surface area contributed by atoms with Crippen molar-refractivity contribution in [2.75, 3.05) is 5.73 Å². The van der Waals surface area contributed by atoms with Crippen LogP contribution in [0, 0.1) is 0 Å². The van der Waals surface area contributed by atoms with Gasteiger partial charge in [0.15, 0.2) is 0 Å². The molecule has 2 N–H and O–H groups in total. The summed E-state index contributed by atoms with van der Waals surface area (Å²) in [5, 5.41) is 0. The highest BCUT2D eigenvalue weighted by atomic mass is 16.5. The van der Waals surface area contributed by atoms with Gasteiger partial charge in [-0.15, -0.1) is 0 Å². The van der Waals surface area contributed by atoms with Gasteiger partial charge in [-0.1, -0.05) is 18.2 Å². The lowest BCUT2D eigenvalue weighted by atomic mass is 10.2. The van der Waals surface area contributed by atoms with Crippen LogP contribution < -0.4 is 10.5 Å². The number of anilines is 1. The Morgan fingerprint density at radius 1 is 1.07 bits per heavy atom. The van der Waals surface area contributed by atoms with Crippen molar-refractivity contribution in [1.82, 2.24) is 4.98 Å². The molecule has 1 aromatic heterocycles. The Hall–Kier alpha value is -2.03. The number of rotatable bonds is 3. The van der Waals surface area contributed by atoms with E-state index < -0.39 is 0 Å². The molecule has 0 aliphatic rings. The first-order valence-electron chi connectivity index (χ1n) is 4.73. The summed E-state index contributed by atoms with van der Waals surface area (Å²) in [7, 11) is 0. The number of benzene rings is 1. The number of aromatic nitrogens is 1. The van der Waals surface area contributed by atoms with Crippen LogP contribution in [0.4, 0.5) is 5.69 Å². The van der Waals surface area contributed by atoms with Crippen LogP contribution in [0.25, 0.3) is 0 Å². The van der Waals surface area contributed by atoms with Crippen molar-refractivity contribution in [2.24, 2.45) is 0 Å². The van der Waals surface area contributed by atoms with Crippen molar-refractivity contribution in [3.63, 3.8) is 0 Å². The molecule has 1 heterocycles. The smallest absolute Gasteiger partial charge is 0.213 e. The summed E-state index contributed by atoms with van der Waals surface area (Å²) in [6.07, 6.45) is 1.71. The Bertz CT molecular complexity index is 411. The SMILES string of the molecule is Nc1ccc(COc2ccccn2)cc1. The van der Waals surface area contributed by atoms with E-state index >= 15 is 0 Å². The number of nitrogens with two attached hydrogens (primary N) is 1. The highest BCUT2D eigenvalue weighted by Gasteiger charge is 1.95. The largest absolute Gasteiger partial charge is 0.473 e. The van der Waals surface area contributed by atoms with Crippen molar-refractivity contribution in [3.05, 3.63) is 54.2 Å². The first kappa shape index (κ1) is 9.52. The molecule has 0 aliphatic carbocycles. The van der Waals surface area contributed by atoms with Gasteiger partial charge in [0, 0.05) is 18.0 Å². The molecule has 3 heteroatoms. The summed E-state index contributed by atoms with van der Waals surface area (Å²) in [6.45, 7) is 0.511. The minimum absolute atomic E-state index is 0.511. The molecule has 0 unspecified atom stereocenters. The first-order valence-corrected chi connectivity index (χ1v) is 4.73. The van der Waals surface area contributed by atoms with Gasteiger partial charge in [-0.3, -0.25) is 0 Å². The fourth-order valence-electron chi connectivity index (χ4n) is 1.20. The predicted octanol–water partition coefficient (Wildman–Crippen LogP) is 2.24. The highest BCUT2D eigenvalue weighted by molar-refractivity contribution is 5.39. The molecule has 0 bridgehead atoms. The maximum Gasteiger partial charge on any atom is 0.213 e. The van der Waals surface area contributed by atoms with E-state index in [1.54, 1.807) is 6.20 Å². The van der Waals surface area contributed by atoms with Crippen LogP contribution in [0.2, 0.25) is 0 Å². The molecule has 0 aliphatic heterocycles. The second-order valence-electron chi connectivity index (χ2n) is 3.20. The zero-order valence-corrected chi connectivity index (χ0v) is 8.26. The van der Waals surface area contributed by atoms with Crippen LogP contribution in [-0.2, 0) is 6.61 Å². The minimum atomic E-state index is 0.511. The Morgan fingerprint density at radius 2 is 1.87 bits per heavy atom. The molecule has 0 fully saturated rings. The third-order valence-corrected chi connectivity index (χ3v) is 2.00. The van der Waals surface area contributed by atoms with Crippen LogP contribution >= 0.6 is 0 Å². The number of nitrogens with zero attached hydrogens (tertiary/aromatic N) is 1. The molecule has 0 spiro atoms. The number of pyridine rings is 1. The quantitative estimate of drug-likeness (QED) is 0.773. The maximum absolute atomic E-state index is 5.58. The Labute approximate surface area is 88.5 Å². The third kappa shape index (κ3) is 2.71. The summed E-state index contributed by atoms with van der Waals surface area (Å²) in [4.78, 5) is 4.06. The first-order chi connectivity index (χ1) is 7.34. The van der Waals surface area contributed by atoms with Gasteiger partial charge in [0.1, 0.15) is 6.61 Å². The number of hydrogen-bond donors (Lipinski definition) is 1. The van der Waals surface area contributed by atoms with Gasteiger partial charge in [0.25, 0.3) is 0 Å². The average molecular weight is 200 g/mol. The molecule has 0 radical (unpaired) electrons. The Morgan fingerprint density at radius 3 is 2.53 bits per heavy atom. The molecule has 0 saturated heterocycles. The van der Waals surface area contributed by atoms with E-state index in [-0.39, 0.29) is 0 Å². The topological polar surface area (TPSA) is 48.1 Å². The Kier molecular flexibility index (Phi) is 2.83.